The minimum Gasteiger partial charge on any atom is -0.466 e. The summed E-state index contributed by atoms with van der Waals surface area (Å²) in [6, 6.07) is -1.26. The maximum absolute atomic E-state index is 13.9. The molecule has 0 radical (unpaired) electrons. The van der Waals surface area contributed by atoms with Gasteiger partial charge in [0.05, 0.1) is 31.1 Å². The van der Waals surface area contributed by atoms with Crippen molar-refractivity contribution >= 4 is 17.8 Å². The van der Waals surface area contributed by atoms with Gasteiger partial charge in [0.25, 0.3) is 0 Å². The lowest BCUT2D eigenvalue weighted by molar-refractivity contribution is -0.156. The average molecular weight is 479 g/mol. The van der Waals surface area contributed by atoms with Crippen LogP contribution in [0.25, 0.3) is 0 Å². The number of likely N-dealkylation sites (tertiary alicyclic amines) is 1. The highest BCUT2D eigenvalue weighted by Crippen LogP contribution is 2.46. The van der Waals surface area contributed by atoms with Crippen molar-refractivity contribution in [3.8, 4) is 0 Å². The highest BCUT2D eigenvalue weighted by atomic mass is 16.5. The average Bonchev–Trinajstić information content (AvgIpc) is 3.00. The summed E-state index contributed by atoms with van der Waals surface area (Å²) in [6.07, 6.45) is 6.89. The zero-order chi connectivity index (χ0) is 25.8. The highest BCUT2D eigenvalue weighted by Gasteiger charge is 2.59. The van der Waals surface area contributed by atoms with Gasteiger partial charge >= 0.3 is 5.97 Å². The first-order valence-electron chi connectivity index (χ1n) is 12.9. The van der Waals surface area contributed by atoms with Gasteiger partial charge in [-0.25, -0.2) is 0 Å². The molecule has 1 fully saturated rings. The maximum atomic E-state index is 13.9. The lowest BCUT2D eigenvalue weighted by atomic mass is 9.68. The SMILES string of the molecule is CCC[C@@H]1C=C[C@H]2[C@H](C(=O)N([C@@H](CC)CO)[C@@H]2C(=O)NC(C)(C)CC(C)(C)C)[C@@H]1C(=O)OCC. The minimum atomic E-state index is -0.774. The second kappa shape index (κ2) is 11.2. The normalized spacial score (nSPS) is 28.0. The Hall–Kier alpha value is -1.89. The maximum Gasteiger partial charge on any atom is 0.310 e. The molecule has 2 N–H and O–H groups in total. The van der Waals surface area contributed by atoms with Gasteiger partial charge in [0.15, 0.2) is 0 Å². The van der Waals surface area contributed by atoms with Gasteiger partial charge in [0, 0.05) is 11.5 Å². The monoisotopic (exact) mass is 478 g/mol. The van der Waals surface area contributed by atoms with Crippen LogP contribution in [0.1, 0.15) is 81.1 Å². The first kappa shape index (κ1) is 28.3. The highest BCUT2D eigenvalue weighted by molar-refractivity contribution is 5.96. The number of nitrogens with zero attached hydrogens (tertiary/aromatic N) is 1. The van der Waals surface area contributed by atoms with Crippen molar-refractivity contribution in [2.24, 2.45) is 29.1 Å². The van der Waals surface area contributed by atoms with Crippen LogP contribution in [0, 0.1) is 29.1 Å². The Bertz CT molecular complexity index is 765. The fraction of sp³-hybridized carbons (Fsp3) is 0.815. The summed E-state index contributed by atoms with van der Waals surface area (Å²) in [5, 5.41) is 13.3. The summed E-state index contributed by atoms with van der Waals surface area (Å²) >= 11 is 0. The first-order valence-corrected chi connectivity index (χ1v) is 12.9. The van der Waals surface area contributed by atoms with E-state index in [1.165, 1.54) is 0 Å². The fourth-order valence-corrected chi connectivity index (χ4v) is 6.20. The topological polar surface area (TPSA) is 95.9 Å². The van der Waals surface area contributed by atoms with Gasteiger partial charge in [-0.05, 0) is 51.4 Å². The summed E-state index contributed by atoms with van der Waals surface area (Å²) in [6.45, 7) is 16.1. The largest absolute Gasteiger partial charge is 0.466 e. The van der Waals surface area contributed by atoms with Crippen molar-refractivity contribution in [2.75, 3.05) is 13.2 Å². The fourth-order valence-electron chi connectivity index (χ4n) is 6.20. The summed E-state index contributed by atoms with van der Waals surface area (Å²) in [5.74, 6) is -2.68. The van der Waals surface area contributed by atoms with Crippen molar-refractivity contribution in [2.45, 2.75) is 98.7 Å². The molecule has 0 spiro atoms. The Morgan fingerprint density at radius 2 is 1.79 bits per heavy atom. The molecule has 1 saturated heterocycles. The van der Waals surface area contributed by atoms with Crippen LogP contribution in [0.4, 0.5) is 0 Å². The zero-order valence-electron chi connectivity index (χ0n) is 22.4. The second-order valence-corrected chi connectivity index (χ2v) is 11.8. The number of rotatable bonds is 10. The van der Waals surface area contributed by atoms with Crippen molar-refractivity contribution in [1.29, 1.82) is 0 Å². The standard InChI is InChI=1S/C27H46N2O5/c1-9-12-17-13-14-19-21(20(17)25(33)34-11-3)24(32)29(18(10-2)15-30)22(19)23(31)28-27(7,8)16-26(4,5)6/h13-14,17-22,30H,9-12,15-16H2,1-8H3,(H,28,31)/t17-,18+,19+,20-,21+,22+/m1/s1. The third-order valence-corrected chi connectivity index (χ3v) is 7.01. The number of esters is 1. The molecule has 7 heteroatoms. The summed E-state index contributed by atoms with van der Waals surface area (Å²) in [7, 11) is 0. The van der Waals surface area contributed by atoms with E-state index in [-0.39, 0.29) is 42.3 Å². The molecule has 1 heterocycles. The molecular weight excluding hydrogens is 432 g/mol. The minimum absolute atomic E-state index is 0.00860. The van der Waals surface area contributed by atoms with Gasteiger partial charge < -0.3 is 20.1 Å². The zero-order valence-corrected chi connectivity index (χ0v) is 22.4. The van der Waals surface area contributed by atoms with E-state index in [0.29, 0.717) is 6.42 Å². The van der Waals surface area contributed by atoms with E-state index in [1.54, 1.807) is 11.8 Å². The van der Waals surface area contributed by atoms with Crippen LogP contribution in [-0.4, -0.2) is 58.6 Å². The smallest absolute Gasteiger partial charge is 0.310 e. The van der Waals surface area contributed by atoms with Gasteiger partial charge in [-0.15, -0.1) is 0 Å². The van der Waals surface area contributed by atoms with Gasteiger partial charge in [-0.1, -0.05) is 53.2 Å². The lowest BCUT2D eigenvalue weighted by Crippen LogP contribution is -2.56. The molecular formula is C27H46N2O5. The molecule has 0 saturated carbocycles. The number of nitrogens with one attached hydrogen (secondary N) is 1. The summed E-state index contributed by atoms with van der Waals surface area (Å²) < 4.78 is 5.40. The predicted octanol–water partition coefficient (Wildman–Crippen LogP) is 3.70. The van der Waals surface area contributed by atoms with E-state index in [4.69, 9.17) is 4.74 Å². The molecule has 7 nitrogen and oxygen atoms in total. The molecule has 194 valence electrons. The second-order valence-electron chi connectivity index (χ2n) is 11.8. The molecule has 0 aromatic rings. The van der Waals surface area contributed by atoms with E-state index in [2.05, 4.69) is 33.0 Å². The van der Waals surface area contributed by atoms with Gasteiger partial charge in [-0.2, -0.15) is 0 Å². The molecule has 0 aromatic heterocycles. The Balaban J connectivity index is 2.51. The van der Waals surface area contributed by atoms with E-state index < -0.39 is 35.4 Å². The Morgan fingerprint density at radius 1 is 1.15 bits per heavy atom. The van der Waals surface area contributed by atoms with E-state index in [1.807, 2.05) is 32.9 Å². The van der Waals surface area contributed by atoms with Crippen molar-refractivity contribution in [3.05, 3.63) is 12.2 Å². The molecule has 0 unspecified atom stereocenters. The van der Waals surface area contributed by atoms with Gasteiger partial charge in [0.2, 0.25) is 11.8 Å². The van der Waals surface area contributed by atoms with E-state index in [9.17, 15) is 19.5 Å². The number of aliphatic hydroxyl groups excluding tert-OH is 1. The van der Waals surface area contributed by atoms with Crippen LogP contribution in [0.15, 0.2) is 12.2 Å². The molecule has 2 aliphatic rings. The van der Waals surface area contributed by atoms with Crippen molar-refractivity contribution < 1.29 is 24.2 Å². The lowest BCUT2D eigenvalue weighted by Gasteiger charge is -2.38. The van der Waals surface area contributed by atoms with Crippen molar-refractivity contribution in [1.82, 2.24) is 10.2 Å². The molecule has 0 aromatic carbocycles. The predicted molar refractivity (Wildman–Crippen MR) is 133 cm³/mol. The van der Waals surface area contributed by atoms with Crippen LogP contribution in [0.5, 0.6) is 0 Å². The molecule has 34 heavy (non-hydrogen) atoms. The number of carbonyl (C=O) groups is 3. The number of ether oxygens (including phenoxy) is 1. The molecule has 2 amide bonds. The Labute approximate surface area is 205 Å². The number of aliphatic hydroxyl groups is 1. The molecule has 6 atom stereocenters. The molecule has 2 rings (SSSR count). The summed E-state index contributed by atoms with van der Waals surface area (Å²) in [4.78, 5) is 42.3. The van der Waals surface area contributed by atoms with Crippen LogP contribution in [-0.2, 0) is 19.1 Å². The number of allylic oxidation sites excluding steroid dienone is 1. The van der Waals surface area contributed by atoms with Gasteiger partial charge in [-0.3, -0.25) is 14.4 Å². The molecule has 1 aliphatic carbocycles. The molecule has 1 aliphatic heterocycles. The summed E-state index contributed by atoms with van der Waals surface area (Å²) in [5.41, 5.74) is -0.471. The number of hydrogen-bond donors (Lipinski definition) is 2. The number of carbonyl (C=O) groups excluding carboxylic acids is 3. The van der Waals surface area contributed by atoms with Crippen LogP contribution in [0.3, 0.4) is 0 Å². The first-order chi connectivity index (χ1) is 15.8. The Morgan fingerprint density at radius 3 is 2.29 bits per heavy atom. The number of hydrogen-bond acceptors (Lipinski definition) is 5. The third-order valence-electron chi connectivity index (χ3n) is 7.01. The quantitative estimate of drug-likeness (QED) is 0.369. The van der Waals surface area contributed by atoms with Crippen LogP contribution in [0.2, 0.25) is 0 Å². The van der Waals surface area contributed by atoms with Crippen molar-refractivity contribution in [3.63, 3.8) is 0 Å². The Kier molecular flexibility index (Phi) is 9.37. The third kappa shape index (κ3) is 6.21. The van der Waals surface area contributed by atoms with E-state index in [0.717, 1.165) is 19.3 Å². The number of amides is 2. The van der Waals surface area contributed by atoms with Crippen LogP contribution >= 0.6 is 0 Å². The van der Waals surface area contributed by atoms with Gasteiger partial charge in [0.1, 0.15) is 6.04 Å². The van der Waals surface area contributed by atoms with Crippen LogP contribution < -0.4 is 5.32 Å². The number of fused-ring (bicyclic) bond motifs is 1. The van der Waals surface area contributed by atoms with E-state index >= 15 is 0 Å². The molecule has 0 bridgehead atoms.